The first kappa shape index (κ1) is 10.5. The standard InChI is InChI=1S/C11H15NO2S/c1-2-7-12(8-3-4-8)10-6-5-9(15-10)11(13)14/h5-6,8H,2-4,7H2,1H3,(H,13,14). The van der Waals surface area contributed by atoms with Gasteiger partial charge in [0.2, 0.25) is 0 Å². The maximum atomic E-state index is 10.8. The third kappa shape index (κ3) is 2.31. The van der Waals surface area contributed by atoms with Gasteiger partial charge >= 0.3 is 5.97 Å². The Labute approximate surface area is 93.3 Å². The van der Waals surface area contributed by atoms with E-state index in [1.54, 1.807) is 6.07 Å². The molecule has 1 N–H and O–H groups in total. The van der Waals surface area contributed by atoms with Crippen molar-refractivity contribution in [3.8, 4) is 0 Å². The molecule has 1 aromatic heterocycles. The monoisotopic (exact) mass is 225 g/mol. The molecule has 0 atom stereocenters. The lowest BCUT2D eigenvalue weighted by atomic mass is 10.4. The highest BCUT2D eigenvalue weighted by Gasteiger charge is 2.29. The topological polar surface area (TPSA) is 40.5 Å². The third-order valence-electron chi connectivity index (χ3n) is 2.54. The van der Waals surface area contributed by atoms with E-state index in [9.17, 15) is 4.79 Å². The predicted octanol–water partition coefficient (Wildman–Crippen LogP) is 2.83. The number of carboxylic acids is 1. The van der Waals surface area contributed by atoms with Crippen LogP contribution in [0.3, 0.4) is 0 Å². The van der Waals surface area contributed by atoms with E-state index in [2.05, 4.69) is 11.8 Å². The van der Waals surface area contributed by atoms with E-state index in [1.807, 2.05) is 6.07 Å². The zero-order valence-corrected chi connectivity index (χ0v) is 9.59. The fourth-order valence-electron chi connectivity index (χ4n) is 1.70. The van der Waals surface area contributed by atoms with Gasteiger partial charge in [0.25, 0.3) is 0 Å². The maximum Gasteiger partial charge on any atom is 0.345 e. The number of aromatic carboxylic acids is 1. The van der Waals surface area contributed by atoms with Crippen molar-refractivity contribution >= 4 is 22.3 Å². The van der Waals surface area contributed by atoms with Gasteiger partial charge in [-0.3, -0.25) is 0 Å². The van der Waals surface area contributed by atoms with Gasteiger partial charge in [-0.1, -0.05) is 6.92 Å². The molecule has 0 spiro atoms. The average molecular weight is 225 g/mol. The number of carboxylic acid groups (broad SMARTS) is 1. The minimum Gasteiger partial charge on any atom is -0.477 e. The summed E-state index contributed by atoms with van der Waals surface area (Å²) in [6.07, 6.45) is 3.61. The molecule has 0 aromatic carbocycles. The molecule has 0 amide bonds. The zero-order chi connectivity index (χ0) is 10.8. The summed E-state index contributed by atoms with van der Waals surface area (Å²) in [7, 11) is 0. The molecule has 1 saturated carbocycles. The van der Waals surface area contributed by atoms with Gasteiger partial charge in [0.1, 0.15) is 4.88 Å². The van der Waals surface area contributed by atoms with E-state index < -0.39 is 5.97 Å². The second kappa shape index (κ2) is 4.23. The lowest BCUT2D eigenvalue weighted by molar-refractivity contribution is 0.0702. The molecular formula is C11H15NO2S. The predicted molar refractivity (Wildman–Crippen MR) is 61.9 cm³/mol. The first-order valence-corrected chi connectivity index (χ1v) is 6.13. The van der Waals surface area contributed by atoms with Gasteiger partial charge in [0.15, 0.2) is 0 Å². The van der Waals surface area contributed by atoms with E-state index in [0.717, 1.165) is 18.0 Å². The Morgan fingerprint density at radius 1 is 1.60 bits per heavy atom. The molecule has 15 heavy (non-hydrogen) atoms. The molecule has 82 valence electrons. The lowest BCUT2D eigenvalue weighted by Gasteiger charge is -2.21. The smallest absolute Gasteiger partial charge is 0.345 e. The number of thiophene rings is 1. The average Bonchev–Trinajstić information content (AvgIpc) is 2.91. The first-order chi connectivity index (χ1) is 7.22. The van der Waals surface area contributed by atoms with E-state index in [0.29, 0.717) is 10.9 Å². The summed E-state index contributed by atoms with van der Waals surface area (Å²) in [5.41, 5.74) is 0. The summed E-state index contributed by atoms with van der Waals surface area (Å²) < 4.78 is 0. The Bertz CT molecular complexity index is 357. The molecule has 1 fully saturated rings. The van der Waals surface area contributed by atoms with Crippen LogP contribution >= 0.6 is 11.3 Å². The normalized spacial score (nSPS) is 15.3. The molecule has 3 nitrogen and oxygen atoms in total. The van der Waals surface area contributed by atoms with Gasteiger partial charge in [-0.05, 0) is 31.4 Å². The van der Waals surface area contributed by atoms with Crippen LogP contribution in [0, 0.1) is 0 Å². The molecule has 0 unspecified atom stereocenters. The Balaban J connectivity index is 2.14. The largest absolute Gasteiger partial charge is 0.477 e. The minimum absolute atomic E-state index is 0.437. The third-order valence-corrected chi connectivity index (χ3v) is 3.65. The van der Waals surface area contributed by atoms with E-state index in [-0.39, 0.29) is 0 Å². The van der Waals surface area contributed by atoms with Crippen molar-refractivity contribution in [2.45, 2.75) is 32.2 Å². The Morgan fingerprint density at radius 3 is 2.80 bits per heavy atom. The van der Waals surface area contributed by atoms with Crippen LogP contribution in [0.4, 0.5) is 5.00 Å². The summed E-state index contributed by atoms with van der Waals surface area (Å²) >= 11 is 1.38. The number of hydrogen-bond donors (Lipinski definition) is 1. The molecule has 1 heterocycles. The Kier molecular flexibility index (Phi) is 2.95. The Morgan fingerprint density at radius 2 is 2.33 bits per heavy atom. The molecular weight excluding hydrogens is 210 g/mol. The fourth-order valence-corrected chi connectivity index (χ4v) is 2.64. The number of nitrogens with zero attached hydrogens (tertiary/aromatic N) is 1. The SMILES string of the molecule is CCCN(c1ccc(C(=O)O)s1)C1CC1. The minimum atomic E-state index is -0.821. The molecule has 0 bridgehead atoms. The van der Waals surface area contributed by atoms with Crippen molar-refractivity contribution in [1.29, 1.82) is 0 Å². The van der Waals surface area contributed by atoms with Crippen molar-refractivity contribution in [2.24, 2.45) is 0 Å². The molecule has 0 radical (unpaired) electrons. The quantitative estimate of drug-likeness (QED) is 0.837. The van der Waals surface area contributed by atoms with Crippen LogP contribution in [0.5, 0.6) is 0 Å². The second-order valence-corrected chi connectivity index (χ2v) is 4.93. The summed E-state index contributed by atoms with van der Waals surface area (Å²) in [5, 5.41) is 9.96. The highest BCUT2D eigenvalue weighted by Crippen LogP contribution is 2.35. The molecule has 4 heteroatoms. The summed E-state index contributed by atoms with van der Waals surface area (Å²) in [6, 6.07) is 4.29. The van der Waals surface area contributed by atoms with Crippen LogP contribution in [0.2, 0.25) is 0 Å². The van der Waals surface area contributed by atoms with Crippen molar-refractivity contribution in [2.75, 3.05) is 11.4 Å². The van der Waals surface area contributed by atoms with Crippen molar-refractivity contribution in [3.05, 3.63) is 17.0 Å². The number of anilines is 1. The van der Waals surface area contributed by atoms with E-state index in [1.165, 1.54) is 24.2 Å². The van der Waals surface area contributed by atoms with Crippen LogP contribution in [-0.2, 0) is 0 Å². The van der Waals surface area contributed by atoms with Gasteiger partial charge in [-0.25, -0.2) is 4.79 Å². The first-order valence-electron chi connectivity index (χ1n) is 5.32. The van der Waals surface area contributed by atoms with Crippen LogP contribution in [0.25, 0.3) is 0 Å². The van der Waals surface area contributed by atoms with Gasteiger partial charge in [0.05, 0.1) is 5.00 Å². The van der Waals surface area contributed by atoms with Crippen molar-refractivity contribution in [1.82, 2.24) is 0 Å². The summed E-state index contributed by atoms with van der Waals surface area (Å²) in [4.78, 5) is 13.6. The molecule has 0 aliphatic heterocycles. The van der Waals surface area contributed by atoms with Gasteiger partial charge in [-0.15, -0.1) is 11.3 Å². The van der Waals surface area contributed by atoms with Crippen LogP contribution in [-0.4, -0.2) is 23.7 Å². The molecule has 1 aliphatic rings. The highest BCUT2D eigenvalue weighted by molar-refractivity contribution is 7.17. The van der Waals surface area contributed by atoms with Crippen molar-refractivity contribution in [3.63, 3.8) is 0 Å². The van der Waals surface area contributed by atoms with Crippen LogP contribution < -0.4 is 4.90 Å². The number of hydrogen-bond acceptors (Lipinski definition) is 3. The summed E-state index contributed by atoms with van der Waals surface area (Å²) in [5.74, 6) is -0.821. The second-order valence-electron chi connectivity index (χ2n) is 3.87. The van der Waals surface area contributed by atoms with E-state index >= 15 is 0 Å². The summed E-state index contributed by atoms with van der Waals surface area (Å²) in [6.45, 7) is 3.19. The highest BCUT2D eigenvalue weighted by atomic mass is 32.1. The zero-order valence-electron chi connectivity index (χ0n) is 8.77. The molecule has 1 aromatic rings. The Hall–Kier alpha value is -1.03. The number of carbonyl (C=O) groups is 1. The fraction of sp³-hybridized carbons (Fsp3) is 0.545. The maximum absolute atomic E-state index is 10.8. The van der Waals surface area contributed by atoms with Gasteiger partial charge in [-0.2, -0.15) is 0 Å². The molecule has 2 rings (SSSR count). The molecule has 0 saturated heterocycles. The number of rotatable bonds is 5. The van der Waals surface area contributed by atoms with Crippen LogP contribution in [0.1, 0.15) is 35.9 Å². The van der Waals surface area contributed by atoms with Crippen LogP contribution in [0.15, 0.2) is 12.1 Å². The molecule has 1 aliphatic carbocycles. The van der Waals surface area contributed by atoms with E-state index in [4.69, 9.17) is 5.11 Å². The lowest BCUT2D eigenvalue weighted by Crippen LogP contribution is -2.25. The van der Waals surface area contributed by atoms with Crippen molar-refractivity contribution < 1.29 is 9.90 Å². The van der Waals surface area contributed by atoms with Gasteiger partial charge < -0.3 is 10.0 Å². The van der Waals surface area contributed by atoms with Gasteiger partial charge in [0, 0.05) is 12.6 Å².